The summed E-state index contributed by atoms with van der Waals surface area (Å²) in [6.45, 7) is 12.2. The standard InChI is InChI=1S/C37H42N4O6/c1-10-22-18(3)26-15-28-20(5)24(12-13-32(42)45-7)35(40-28)25(14-33(43)46-8)36-34(37(44)47-9)21(6)29(41-36)17-31-23(11-2)19(4)27(39-31)16-30(22)38-26/h15-17,38-39H,10-14H2,1-9H3. The molecule has 0 saturated heterocycles. The minimum atomic E-state index is -0.579. The first-order valence-corrected chi connectivity index (χ1v) is 15.9. The summed E-state index contributed by atoms with van der Waals surface area (Å²) in [4.78, 5) is 56.1. The maximum absolute atomic E-state index is 13.4. The van der Waals surface area contributed by atoms with Crippen LogP contribution in [0.25, 0.3) is 44.4 Å². The Morgan fingerprint density at radius 2 is 1.19 bits per heavy atom. The van der Waals surface area contributed by atoms with Gasteiger partial charge in [-0.3, -0.25) is 9.59 Å². The van der Waals surface area contributed by atoms with E-state index in [1.54, 1.807) is 0 Å². The van der Waals surface area contributed by atoms with Gasteiger partial charge in [-0.05, 0) is 104 Å². The van der Waals surface area contributed by atoms with E-state index < -0.39 is 11.9 Å². The normalized spacial score (nSPS) is 12.9. The molecule has 0 aliphatic carbocycles. The van der Waals surface area contributed by atoms with Crippen LogP contribution in [0.4, 0.5) is 0 Å². The van der Waals surface area contributed by atoms with Crippen LogP contribution in [0, 0.1) is 13.8 Å². The summed E-state index contributed by atoms with van der Waals surface area (Å²) in [6, 6.07) is 6.10. The van der Waals surface area contributed by atoms with Crippen LogP contribution in [0.5, 0.6) is 0 Å². The number of carbonyl (C=O) groups is 3. The Morgan fingerprint density at radius 1 is 0.660 bits per heavy atom. The number of nitrogens with zero attached hydrogens (tertiary/aromatic N) is 2. The van der Waals surface area contributed by atoms with Crippen molar-refractivity contribution in [1.29, 1.82) is 0 Å². The summed E-state index contributed by atoms with van der Waals surface area (Å²) in [5.41, 5.74) is 13.3. The molecule has 10 heteroatoms. The molecule has 0 fully saturated rings. The molecule has 8 bridgehead atoms. The lowest BCUT2D eigenvalue weighted by atomic mass is 9.94. The minimum absolute atomic E-state index is 0.103. The first-order chi connectivity index (χ1) is 22.5. The number of allylic oxidation sites excluding steroid dienone is 3. The van der Waals surface area contributed by atoms with Crippen molar-refractivity contribution in [3.63, 3.8) is 0 Å². The maximum atomic E-state index is 13.4. The van der Waals surface area contributed by atoms with E-state index in [-0.39, 0.29) is 24.4 Å². The van der Waals surface area contributed by atoms with Gasteiger partial charge < -0.3 is 24.2 Å². The third-order valence-electron chi connectivity index (χ3n) is 9.36. The van der Waals surface area contributed by atoms with Gasteiger partial charge in [0.05, 0.1) is 56.1 Å². The predicted octanol–water partition coefficient (Wildman–Crippen LogP) is 6.76. The van der Waals surface area contributed by atoms with Gasteiger partial charge in [-0.25, -0.2) is 14.8 Å². The minimum Gasteiger partial charge on any atom is -0.469 e. The van der Waals surface area contributed by atoms with Crippen molar-refractivity contribution in [1.82, 2.24) is 19.9 Å². The summed E-state index contributed by atoms with van der Waals surface area (Å²) < 4.78 is 15.3. The molecule has 0 aromatic carbocycles. The Bertz CT molecular complexity index is 2040. The fourth-order valence-corrected chi connectivity index (χ4v) is 6.62. The van der Waals surface area contributed by atoms with E-state index in [9.17, 15) is 14.4 Å². The molecule has 0 radical (unpaired) electrons. The Kier molecular flexibility index (Phi) is 9.51. The number of methoxy groups -OCH3 is 3. The topological polar surface area (TPSA) is 136 Å². The average Bonchev–Trinajstić information content (AvgIpc) is 3.74. The number of aromatic amines is 2. The number of fused-ring (bicyclic) bond motifs is 8. The van der Waals surface area contributed by atoms with E-state index in [4.69, 9.17) is 24.2 Å². The van der Waals surface area contributed by atoms with Crippen LogP contribution >= 0.6 is 0 Å². The summed E-state index contributed by atoms with van der Waals surface area (Å²) in [5.74, 6) is -1.47. The Balaban J connectivity index is 2.04. The number of carbonyl (C=O) groups excluding carboxylic acids is 3. The molecular weight excluding hydrogens is 596 g/mol. The molecule has 3 aromatic rings. The van der Waals surface area contributed by atoms with Crippen LogP contribution in [0.1, 0.15) is 91.1 Å². The van der Waals surface area contributed by atoms with Crippen LogP contribution in [-0.2, 0) is 47.9 Å². The number of nitrogens with one attached hydrogen (secondary N) is 2. The molecule has 47 heavy (non-hydrogen) atoms. The van der Waals surface area contributed by atoms with Crippen molar-refractivity contribution in [2.45, 2.75) is 73.6 Å². The lowest BCUT2D eigenvalue weighted by Gasteiger charge is -2.11. The molecule has 5 rings (SSSR count). The van der Waals surface area contributed by atoms with Crippen molar-refractivity contribution in [2.24, 2.45) is 0 Å². The number of aryl methyl sites for hydroxylation is 4. The zero-order valence-electron chi connectivity index (χ0n) is 28.6. The molecular formula is C37H42N4O6. The Hall–Kier alpha value is -4.99. The van der Waals surface area contributed by atoms with Gasteiger partial charge in [-0.15, -0.1) is 0 Å². The lowest BCUT2D eigenvalue weighted by Crippen LogP contribution is -2.12. The average molecular weight is 639 g/mol. The highest BCUT2D eigenvalue weighted by Crippen LogP contribution is 2.40. The van der Waals surface area contributed by atoms with Crippen molar-refractivity contribution in [2.75, 3.05) is 21.3 Å². The fraction of sp³-hybridized carbons (Fsp3) is 0.378. The second-order valence-corrected chi connectivity index (χ2v) is 11.8. The van der Waals surface area contributed by atoms with Gasteiger partial charge in [0.1, 0.15) is 0 Å². The van der Waals surface area contributed by atoms with Gasteiger partial charge in [-0.1, -0.05) is 13.8 Å². The van der Waals surface area contributed by atoms with Crippen LogP contribution in [0.2, 0.25) is 0 Å². The molecule has 3 aromatic heterocycles. The van der Waals surface area contributed by atoms with Crippen molar-refractivity contribution in [3.05, 3.63) is 68.8 Å². The molecule has 2 aliphatic heterocycles. The first kappa shape index (κ1) is 33.4. The first-order valence-electron chi connectivity index (χ1n) is 15.9. The molecule has 0 amide bonds. The van der Waals surface area contributed by atoms with Crippen LogP contribution in [-0.4, -0.2) is 59.2 Å². The van der Waals surface area contributed by atoms with Gasteiger partial charge in [0.15, 0.2) is 0 Å². The second-order valence-electron chi connectivity index (χ2n) is 11.8. The van der Waals surface area contributed by atoms with Crippen LogP contribution in [0.15, 0.2) is 18.2 Å². The summed E-state index contributed by atoms with van der Waals surface area (Å²) >= 11 is 0. The second kappa shape index (κ2) is 13.4. The van der Waals surface area contributed by atoms with Crippen molar-refractivity contribution >= 4 is 62.3 Å². The molecule has 0 saturated carbocycles. The van der Waals surface area contributed by atoms with Gasteiger partial charge in [0.2, 0.25) is 0 Å². The largest absolute Gasteiger partial charge is 0.469 e. The van der Waals surface area contributed by atoms with E-state index in [0.29, 0.717) is 40.3 Å². The number of esters is 3. The summed E-state index contributed by atoms with van der Waals surface area (Å²) in [5, 5.41) is 0. The van der Waals surface area contributed by atoms with Gasteiger partial charge >= 0.3 is 17.9 Å². The quantitative estimate of drug-likeness (QED) is 0.204. The summed E-state index contributed by atoms with van der Waals surface area (Å²) in [6.07, 6.45) is 1.82. The Labute approximate surface area is 274 Å². The zero-order valence-corrected chi connectivity index (χ0v) is 28.6. The molecule has 0 unspecified atom stereocenters. The van der Waals surface area contributed by atoms with E-state index in [0.717, 1.165) is 62.7 Å². The third-order valence-corrected chi connectivity index (χ3v) is 9.36. The number of ether oxygens (including phenoxy) is 3. The van der Waals surface area contributed by atoms with Crippen LogP contribution < -0.4 is 0 Å². The van der Waals surface area contributed by atoms with Crippen molar-refractivity contribution in [3.8, 4) is 0 Å². The van der Waals surface area contributed by atoms with Gasteiger partial charge in [0.25, 0.3) is 0 Å². The molecule has 0 atom stereocenters. The lowest BCUT2D eigenvalue weighted by molar-refractivity contribution is -0.141. The zero-order chi connectivity index (χ0) is 34.2. The van der Waals surface area contributed by atoms with E-state index in [1.807, 2.05) is 26.0 Å². The third kappa shape index (κ3) is 6.00. The molecule has 246 valence electrons. The highest BCUT2D eigenvalue weighted by Gasteiger charge is 2.31. The maximum Gasteiger partial charge on any atom is 0.340 e. The van der Waals surface area contributed by atoms with Gasteiger partial charge in [-0.2, -0.15) is 0 Å². The van der Waals surface area contributed by atoms with E-state index in [1.165, 1.54) is 26.9 Å². The molecule has 5 heterocycles. The highest BCUT2D eigenvalue weighted by molar-refractivity contribution is 6.25. The molecule has 2 N–H and O–H groups in total. The number of H-pyrrole nitrogens is 2. The highest BCUT2D eigenvalue weighted by atomic mass is 16.5. The van der Waals surface area contributed by atoms with E-state index >= 15 is 0 Å². The Morgan fingerprint density at radius 3 is 1.77 bits per heavy atom. The number of rotatable bonds is 8. The SMILES string of the molecule is CCc1c(C)c2cc3[nH]c(cc4nc(c(CC(=O)OC)c5nc(cc1[nH]2)C(C)=C5C(=O)OC)C(CCC(=O)OC)=C4C)c(C)c3CC. The summed E-state index contributed by atoms with van der Waals surface area (Å²) in [7, 11) is 3.98. The molecule has 0 spiro atoms. The number of hydrogen-bond acceptors (Lipinski definition) is 8. The van der Waals surface area contributed by atoms with E-state index in [2.05, 4.69) is 43.7 Å². The fourth-order valence-electron chi connectivity index (χ4n) is 6.62. The smallest absolute Gasteiger partial charge is 0.340 e. The van der Waals surface area contributed by atoms with Crippen LogP contribution in [0.3, 0.4) is 0 Å². The molecule has 10 nitrogen and oxygen atoms in total. The predicted molar refractivity (Wildman–Crippen MR) is 183 cm³/mol. The number of hydrogen-bond donors (Lipinski definition) is 2. The van der Waals surface area contributed by atoms with Gasteiger partial charge in [0, 0.05) is 34.1 Å². The van der Waals surface area contributed by atoms with Crippen molar-refractivity contribution < 1.29 is 28.6 Å². The molecule has 2 aliphatic rings. The number of aromatic nitrogens is 4. The monoisotopic (exact) mass is 638 g/mol.